The van der Waals surface area contributed by atoms with Gasteiger partial charge in [-0.2, -0.15) is 0 Å². The second kappa shape index (κ2) is 4.66. The van der Waals surface area contributed by atoms with E-state index in [1.807, 2.05) is 7.05 Å². The van der Waals surface area contributed by atoms with Gasteiger partial charge in [0.05, 0.1) is 12.2 Å². The number of nitrogens with one attached hydrogen (secondary N) is 1. The summed E-state index contributed by atoms with van der Waals surface area (Å²) in [4.78, 5) is 4.73. The molecule has 0 aliphatic heterocycles. The molecule has 1 aromatic heterocycles. The van der Waals surface area contributed by atoms with Crippen molar-refractivity contribution in [1.82, 2.24) is 14.9 Å². The first kappa shape index (κ1) is 11.1. The molecule has 0 amide bonds. The van der Waals surface area contributed by atoms with Crippen LogP contribution in [0.15, 0.2) is 4.60 Å². The van der Waals surface area contributed by atoms with Crippen molar-refractivity contribution < 1.29 is 0 Å². The molecule has 84 valence electrons. The predicted molar refractivity (Wildman–Crippen MR) is 64.9 cm³/mol. The van der Waals surface area contributed by atoms with Crippen LogP contribution >= 0.6 is 15.9 Å². The monoisotopic (exact) mass is 271 g/mol. The number of nitrogens with zero attached hydrogens (tertiary/aromatic N) is 2. The second-order valence-electron chi connectivity index (χ2n) is 4.27. The summed E-state index contributed by atoms with van der Waals surface area (Å²) in [5.74, 6) is 1.79. The van der Waals surface area contributed by atoms with E-state index in [-0.39, 0.29) is 0 Å². The Kier molecular flexibility index (Phi) is 3.46. The van der Waals surface area contributed by atoms with Gasteiger partial charge >= 0.3 is 0 Å². The molecule has 1 aromatic rings. The lowest BCUT2D eigenvalue weighted by molar-refractivity contribution is 0.689. The van der Waals surface area contributed by atoms with Crippen LogP contribution in [-0.2, 0) is 13.6 Å². The minimum atomic E-state index is 0.677. The van der Waals surface area contributed by atoms with E-state index in [0.29, 0.717) is 5.92 Å². The zero-order valence-corrected chi connectivity index (χ0v) is 11.0. The van der Waals surface area contributed by atoms with Crippen molar-refractivity contribution in [1.29, 1.82) is 0 Å². The standard InChI is InChI=1S/C11H18BrN3/c1-13-7-9-14-10(11(12)15(9)2)8-5-3-4-6-8/h8,13H,3-7H2,1-2H3. The van der Waals surface area contributed by atoms with Crippen molar-refractivity contribution in [3.63, 3.8) is 0 Å². The molecule has 0 bridgehead atoms. The van der Waals surface area contributed by atoms with Gasteiger partial charge in [-0.15, -0.1) is 0 Å². The van der Waals surface area contributed by atoms with Gasteiger partial charge in [0.1, 0.15) is 10.4 Å². The molecule has 0 saturated heterocycles. The Morgan fingerprint density at radius 2 is 2.13 bits per heavy atom. The topological polar surface area (TPSA) is 29.9 Å². The van der Waals surface area contributed by atoms with Crippen molar-refractivity contribution >= 4 is 15.9 Å². The maximum atomic E-state index is 4.73. The minimum absolute atomic E-state index is 0.677. The first-order chi connectivity index (χ1) is 7.24. The van der Waals surface area contributed by atoms with Crippen molar-refractivity contribution in [3.05, 3.63) is 16.1 Å². The Hall–Kier alpha value is -0.350. The molecule has 0 atom stereocenters. The van der Waals surface area contributed by atoms with E-state index < -0.39 is 0 Å². The van der Waals surface area contributed by atoms with E-state index in [1.165, 1.54) is 36.0 Å². The van der Waals surface area contributed by atoms with Crippen molar-refractivity contribution in [2.24, 2.45) is 7.05 Å². The van der Waals surface area contributed by atoms with E-state index in [1.54, 1.807) is 0 Å². The molecular weight excluding hydrogens is 254 g/mol. The van der Waals surface area contributed by atoms with Crippen LogP contribution in [0.2, 0.25) is 0 Å². The number of hydrogen-bond donors (Lipinski definition) is 1. The zero-order valence-electron chi connectivity index (χ0n) is 9.39. The number of aromatic nitrogens is 2. The van der Waals surface area contributed by atoms with Crippen LogP contribution in [0.1, 0.15) is 43.1 Å². The van der Waals surface area contributed by atoms with Crippen LogP contribution in [0, 0.1) is 0 Å². The van der Waals surface area contributed by atoms with Crippen LogP contribution in [-0.4, -0.2) is 16.6 Å². The molecule has 1 saturated carbocycles. The van der Waals surface area contributed by atoms with E-state index in [4.69, 9.17) is 4.98 Å². The second-order valence-corrected chi connectivity index (χ2v) is 5.03. The Bertz CT molecular complexity index is 340. The molecule has 0 spiro atoms. The molecule has 1 aliphatic carbocycles. The maximum Gasteiger partial charge on any atom is 0.123 e. The van der Waals surface area contributed by atoms with Crippen LogP contribution in [0.4, 0.5) is 0 Å². The van der Waals surface area contributed by atoms with Gasteiger partial charge in [0, 0.05) is 13.0 Å². The van der Waals surface area contributed by atoms with E-state index in [0.717, 1.165) is 12.4 Å². The van der Waals surface area contributed by atoms with E-state index in [9.17, 15) is 0 Å². The lowest BCUT2D eigenvalue weighted by atomic mass is 10.1. The summed E-state index contributed by atoms with van der Waals surface area (Å²) in [6.07, 6.45) is 5.31. The number of halogens is 1. The molecule has 1 heterocycles. The van der Waals surface area contributed by atoms with E-state index in [2.05, 4.69) is 32.9 Å². The summed E-state index contributed by atoms with van der Waals surface area (Å²) in [7, 11) is 4.03. The average molecular weight is 272 g/mol. The Morgan fingerprint density at radius 1 is 1.47 bits per heavy atom. The molecular formula is C11H18BrN3. The molecule has 0 aromatic carbocycles. The van der Waals surface area contributed by atoms with Gasteiger partial charge in [-0.05, 0) is 35.8 Å². The van der Waals surface area contributed by atoms with Gasteiger partial charge in [0.15, 0.2) is 0 Å². The highest BCUT2D eigenvalue weighted by Gasteiger charge is 2.23. The van der Waals surface area contributed by atoms with E-state index >= 15 is 0 Å². The highest BCUT2D eigenvalue weighted by Crippen LogP contribution is 2.37. The third-order valence-corrected chi connectivity index (χ3v) is 4.16. The first-order valence-corrected chi connectivity index (χ1v) is 6.39. The quantitative estimate of drug-likeness (QED) is 0.916. The van der Waals surface area contributed by atoms with Crippen LogP contribution in [0.25, 0.3) is 0 Å². The van der Waals surface area contributed by atoms with Gasteiger partial charge in [-0.25, -0.2) is 4.98 Å². The van der Waals surface area contributed by atoms with Crippen molar-refractivity contribution in [3.8, 4) is 0 Å². The maximum absolute atomic E-state index is 4.73. The summed E-state index contributed by atoms with van der Waals surface area (Å²) in [6, 6.07) is 0. The number of imidazole rings is 1. The average Bonchev–Trinajstić information content (AvgIpc) is 2.82. The van der Waals surface area contributed by atoms with Crippen LogP contribution in [0.5, 0.6) is 0 Å². The highest BCUT2D eigenvalue weighted by molar-refractivity contribution is 9.10. The predicted octanol–water partition coefficient (Wildman–Crippen LogP) is 2.56. The summed E-state index contributed by atoms with van der Waals surface area (Å²) in [6.45, 7) is 0.835. The zero-order chi connectivity index (χ0) is 10.8. The van der Waals surface area contributed by atoms with Gasteiger partial charge in [0.2, 0.25) is 0 Å². The lowest BCUT2D eigenvalue weighted by Gasteiger charge is -2.05. The van der Waals surface area contributed by atoms with Gasteiger partial charge in [-0.3, -0.25) is 0 Å². The lowest BCUT2D eigenvalue weighted by Crippen LogP contribution is -2.10. The van der Waals surface area contributed by atoms with Gasteiger partial charge < -0.3 is 9.88 Å². The normalized spacial score (nSPS) is 17.5. The Balaban J connectivity index is 2.27. The van der Waals surface area contributed by atoms with Crippen molar-refractivity contribution in [2.75, 3.05) is 7.05 Å². The van der Waals surface area contributed by atoms with Gasteiger partial charge in [-0.1, -0.05) is 12.8 Å². The fourth-order valence-electron chi connectivity index (χ4n) is 2.32. The molecule has 15 heavy (non-hydrogen) atoms. The Morgan fingerprint density at radius 3 is 2.73 bits per heavy atom. The third-order valence-electron chi connectivity index (χ3n) is 3.22. The molecule has 1 aliphatic rings. The fraction of sp³-hybridized carbons (Fsp3) is 0.727. The number of rotatable bonds is 3. The summed E-state index contributed by atoms with van der Waals surface area (Å²) >= 11 is 3.65. The fourth-order valence-corrected chi connectivity index (χ4v) is 2.94. The smallest absolute Gasteiger partial charge is 0.123 e. The largest absolute Gasteiger partial charge is 0.325 e. The molecule has 0 unspecified atom stereocenters. The van der Waals surface area contributed by atoms with Crippen LogP contribution < -0.4 is 5.32 Å². The first-order valence-electron chi connectivity index (χ1n) is 5.59. The molecule has 2 rings (SSSR count). The molecule has 3 nitrogen and oxygen atoms in total. The molecule has 0 radical (unpaired) electrons. The Labute approximate surface area is 99.4 Å². The SMILES string of the molecule is CNCc1nc(C2CCCC2)c(Br)n1C. The summed E-state index contributed by atoms with van der Waals surface area (Å²) < 4.78 is 3.31. The third kappa shape index (κ3) is 2.11. The van der Waals surface area contributed by atoms with Crippen molar-refractivity contribution in [2.45, 2.75) is 38.1 Å². The summed E-state index contributed by atoms with van der Waals surface area (Å²) in [5.41, 5.74) is 1.26. The molecule has 1 fully saturated rings. The highest BCUT2D eigenvalue weighted by atomic mass is 79.9. The van der Waals surface area contributed by atoms with Crippen LogP contribution in [0.3, 0.4) is 0 Å². The molecule has 4 heteroatoms. The van der Waals surface area contributed by atoms with Gasteiger partial charge in [0.25, 0.3) is 0 Å². The molecule has 1 N–H and O–H groups in total. The minimum Gasteiger partial charge on any atom is -0.325 e. The number of hydrogen-bond acceptors (Lipinski definition) is 2. The summed E-state index contributed by atoms with van der Waals surface area (Å²) in [5, 5.41) is 3.15.